The molecule has 7 nitrogen and oxygen atoms in total. The fourth-order valence-corrected chi connectivity index (χ4v) is 4.50. The van der Waals surface area contributed by atoms with Crippen LogP contribution in [0.15, 0.2) is 89.8 Å². The van der Waals surface area contributed by atoms with Crippen molar-refractivity contribution >= 4 is 45.3 Å². The molecule has 34 heavy (non-hydrogen) atoms. The van der Waals surface area contributed by atoms with Crippen molar-refractivity contribution in [1.82, 2.24) is 5.32 Å². The van der Waals surface area contributed by atoms with Crippen molar-refractivity contribution in [2.75, 3.05) is 11.8 Å². The number of carbonyl (C=O) groups excluding carboxylic acids is 2. The molecule has 0 aliphatic heterocycles. The second-order valence-electron chi connectivity index (χ2n) is 7.46. The number of amides is 1. The fraction of sp³-hybridized carbons (Fsp3) is 0.120. The van der Waals surface area contributed by atoms with E-state index in [0.29, 0.717) is 11.1 Å². The molecule has 0 spiro atoms. The number of para-hydroxylation sites is 1. The first-order chi connectivity index (χ1) is 16.2. The van der Waals surface area contributed by atoms with Gasteiger partial charge in [-0.15, -0.1) is 0 Å². The van der Waals surface area contributed by atoms with Gasteiger partial charge in [0.15, 0.2) is 5.54 Å². The number of sulfonamides is 1. The number of hydrogen-bond acceptors (Lipinski definition) is 5. The van der Waals surface area contributed by atoms with Gasteiger partial charge in [0.1, 0.15) is 0 Å². The highest BCUT2D eigenvalue weighted by Crippen LogP contribution is 2.25. The highest BCUT2D eigenvalue weighted by atomic mass is 35.5. The first-order valence-corrected chi connectivity index (χ1v) is 12.0. The summed E-state index contributed by atoms with van der Waals surface area (Å²) in [5.41, 5.74) is 0.0621. The van der Waals surface area contributed by atoms with Crippen LogP contribution in [-0.4, -0.2) is 27.4 Å². The summed E-state index contributed by atoms with van der Waals surface area (Å²) in [6.07, 6.45) is 2.77. The van der Waals surface area contributed by atoms with Gasteiger partial charge in [-0.2, -0.15) is 0 Å². The smallest absolute Gasteiger partial charge is 0.336 e. The highest BCUT2D eigenvalue weighted by Gasteiger charge is 2.37. The third-order valence-electron chi connectivity index (χ3n) is 5.05. The molecule has 0 bridgehead atoms. The summed E-state index contributed by atoms with van der Waals surface area (Å²) in [6, 6.07) is 21.2. The minimum absolute atomic E-state index is 0.0383. The van der Waals surface area contributed by atoms with E-state index in [2.05, 4.69) is 10.0 Å². The summed E-state index contributed by atoms with van der Waals surface area (Å²) >= 11 is 6.02. The Morgan fingerprint density at radius 1 is 0.941 bits per heavy atom. The van der Waals surface area contributed by atoms with Gasteiger partial charge < -0.3 is 10.1 Å². The van der Waals surface area contributed by atoms with E-state index >= 15 is 0 Å². The molecule has 0 aromatic heterocycles. The van der Waals surface area contributed by atoms with Gasteiger partial charge in [-0.3, -0.25) is 9.52 Å². The molecule has 0 fully saturated rings. The molecular formula is C25H23ClN2O5S. The Bertz CT molecular complexity index is 1310. The topological polar surface area (TPSA) is 102 Å². The second-order valence-corrected chi connectivity index (χ2v) is 9.55. The molecular weight excluding hydrogens is 476 g/mol. The molecule has 3 rings (SSSR count). The Balaban J connectivity index is 1.72. The van der Waals surface area contributed by atoms with Crippen LogP contribution in [0, 0.1) is 0 Å². The van der Waals surface area contributed by atoms with E-state index in [1.165, 1.54) is 31.4 Å². The van der Waals surface area contributed by atoms with Gasteiger partial charge in [0.25, 0.3) is 10.0 Å². The molecule has 1 atom stereocenters. The summed E-state index contributed by atoms with van der Waals surface area (Å²) in [5.74, 6) is -1.13. The number of ether oxygens (including phenoxy) is 1. The lowest BCUT2D eigenvalue weighted by atomic mass is 9.92. The van der Waals surface area contributed by atoms with Crippen LogP contribution in [0.2, 0.25) is 5.02 Å². The van der Waals surface area contributed by atoms with Gasteiger partial charge >= 0.3 is 5.97 Å². The lowest BCUT2D eigenvalue weighted by Crippen LogP contribution is -2.49. The van der Waals surface area contributed by atoms with Gasteiger partial charge in [-0.25, -0.2) is 13.2 Å². The van der Waals surface area contributed by atoms with E-state index < -0.39 is 27.4 Å². The molecule has 1 amide bonds. The number of hydrogen-bond donors (Lipinski definition) is 2. The van der Waals surface area contributed by atoms with E-state index in [0.717, 1.165) is 0 Å². The van der Waals surface area contributed by atoms with Crippen LogP contribution < -0.4 is 10.0 Å². The van der Waals surface area contributed by atoms with Crippen molar-refractivity contribution in [3.63, 3.8) is 0 Å². The first kappa shape index (κ1) is 25.0. The van der Waals surface area contributed by atoms with Crippen LogP contribution in [-0.2, 0) is 29.9 Å². The predicted molar refractivity (Wildman–Crippen MR) is 132 cm³/mol. The van der Waals surface area contributed by atoms with Crippen molar-refractivity contribution in [3.8, 4) is 0 Å². The molecule has 0 radical (unpaired) electrons. The Morgan fingerprint density at radius 3 is 2.18 bits per heavy atom. The van der Waals surface area contributed by atoms with Gasteiger partial charge in [-0.1, -0.05) is 66.2 Å². The third-order valence-corrected chi connectivity index (χ3v) is 6.76. The number of rotatable bonds is 8. The van der Waals surface area contributed by atoms with Crippen molar-refractivity contribution in [3.05, 3.63) is 101 Å². The van der Waals surface area contributed by atoms with Crippen LogP contribution in [0.5, 0.6) is 0 Å². The van der Waals surface area contributed by atoms with E-state index in [-0.39, 0.29) is 15.6 Å². The van der Waals surface area contributed by atoms with E-state index in [1.807, 2.05) is 0 Å². The Morgan fingerprint density at radius 2 is 1.56 bits per heavy atom. The molecule has 0 aliphatic rings. The number of carbonyl (C=O) groups is 2. The summed E-state index contributed by atoms with van der Waals surface area (Å²) in [6.45, 7) is 1.56. The SMILES string of the molecule is COC(=O)C(C)(NC(=O)/C=C/c1ccc(S(=O)(=O)Nc2ccccc2Cl)cc1)c1ccccc1. The van der Waals surface area contributed by atoms with Gasteiger partial charge in [0.05, 0.1) is 22.7 Å². The zero-order valence-corrected chi connectivity index (χ0v) is 20.1. The molecule has 0 heterocycles. The van der Waals surface area contributed by atoms with E-state index in [4.69, 9.17) is 16.3 Å². The number of benzene rings is 3. The lowest BCUT2D eigenvalue weighted by molar-refractivity contribution is -0.150. The van der Waals surface area contributed by atoms with Crippen LogP contribution in [0.25, 0.3) is 6.08 Å². The maximum absolute atomic E-state index is 12.6. The van der Waals surface area contributed by atoms with Crippen LogP contribution >= 0.6 is 11.6 Å². The van der Waals surface area contributed by atoms with Crippen LogP contribution in [0.4, 0.5) is 5.69 Å². The number of nitrogens with one attached hydrogen (secondary N) is 2. The van der Waals surface area contributed by atoms with Crippen molar-refractivity contribution in [1.29, 1.82) is 0 Å². The number of anilines is 1. The third kappa shape index (κ3) is 5.84. The van der Waals surface area contributed by atoms with Gasteiger partial charge in [0.2, 0.25) is 5.91 Å². The molecule has 1 unspecified atom stereocenters. The van der Waals surface area contributed by atoms with E-state index in [1.54, 1.807) is 73.7 Å². The predicted octanol–water partition coefficient (Wildman–Crippen LogP) is 4.36. The van der Waals surface area contributed by atoms with Crippen molar-refractivity contribution < 1.29 is 22.7 Å². The molecule has 3 aromatic rings. The number of esters is 1. The Hall–Kier alpha value is -3.62. The monoisotopic (exact) mass is 498 g/mol. The molecule has 0 saturated heterocycles. The molecule has 9 heteroatoms. The van der Waals surface area contributed by atoms with Crippen LogP contribution in [0.3, 0.4) is 0 Å². The molecule has 0 aliphatic carbocycles. The molecule has 0 saturated carbocycles. The zero-order chi connectivity index (χ0) is 24.8. The zero-order valence-electron chi connectivity index (χ0n) is 18.5. The lowest BCUT2D eigenvalue weighted by Gasteiger charge is -2.27. The minimum Gasteiger partial charge on any atom is -0.467 e. The summed E-state index contributed by atoms with van der Waals surface area (Å²) < 4.78 is 32.6. The minimum atomic E-state index is -3.84. The van der Waals surface area contributed by atoms with Crippen LogP contribution in [0.1, 0.15) is 18.1 Å². The quantitative estimate of drug-likeness (QED) is 0.355. The summed E-state index contributed by atoms with van der Waals surface area (Å²) in [4.78, 5) is 25.0. The normalized spacial score (nSPS) is 13.1. The second kappa shape index (κ2) is 10.5. The highest BCUT2D eigenvalue weighted by molar-refractivity contribution is 7.92. The first-order valence-electron chi connectivity index (χ1n) is 10.2. The molecule has 2 N–H and O–H groups in total. The van der Waals surface area contributed by atoms with Crippen molar-refractivity contribution in [2.24, 2.45) is 0 Å². The van der Waals surface area contributed by atoms with Gasteiger partial charge in [0, 0.05) is 6.08 Å². The largest absolute Gasteiger partial charge is 0.467 e. The molecule has 176 valence electrons. The van der Waals surface area contributed by atoms with Gasteiger partial charge in [-0.05, 0) is 48.4 Å². The average molecular weight is 499 g/mol. The number of methoxy groups -OCH3 is 1. The summed E-state index contributed by atoms with van der Waals surface area (Å²) in [5, 5.41) is 2.96. The fourth-order valence-electron chi connectivity index (χ4n) is 3.18. The average Bonchev–Trinajstić information content (AvgIpc) is 2.84. The standard InChI is InChI=1S/C25H23ClN2O5S/c1-25(24(30)33-2,19-8-4-3-5-9-19)27-23(29)17-14-18-12-15-20(16-13-18)34(31,32)28-22-11-7-6-10-21(22)26/h3-17,28H,1-2H3,(H,27,29)/b17-14+. The van der Waals surface area contributed by atoms with E-state index in [9.17, 15) is 18.0 Å². The Labute approximate surface area is 203 Å². The maximum Gasteiger partial charge on any atom is 0.336 e. The number of halogens is 1. The maximum atomic E-state index is 12.6. The summed E-state index contributed by atoms with van der Waals surface area (Å²) in [7, 11) is -2.59. The van der Waals surface area contributed by atoms with Crippen molar-refractivity contribution in [2.45, 2.75) is 17.4 Å². The molecule has 3 aromatic carbocycles. The Kier molecular flexibility index (Phi) is 7.75.